The van der Waals surface area contributed by atoms with Crippen LogP contribution in [0, 0.1) is 0 Å². The first kappa shape index (κ1) is 79.6. The number of ether oxygens (including phenoxy) is 3. The van der Waals surface area contributed by atoms with Crippen molar-refractivity contribution in [3.05, 3.63) is 85.1 Å². The summed E-state index contributed by atoms with van der Waals surface area (Å²) < 4.78 is 16.9. The molecule has 0 bridgehead atoms. The van der Waals surface area contributed by atoms with E-state index in [0.29, 0.717) is 19.3 Å². The summed E-state index contributed by atoms with van der Waals surface area (Å²) in [6.45, 7) is 6.51. The molecule has 0 rings (SSSR count). The average molecular weight is 1160 g/mol. The molecule has 0 aliphatic rings. The maximum absolute atomic E-state index is 12.9. The number of carbonyl (C=O) groups excluding carboxylic acids is 3. The second kappa shape index (κ2) is 71.1. The minimum Gasteiger partial charge on any atom is -0.462 e. The van der Waals surface area contributed by atoms with Crippen LogP contribution in [0.3, 0.4) is 0 Å². The lowest BCUT2D eigenvalue weighted by Gasteiger charge is -2.18. The SMILES string of the molecule is CC/C=C\C/C=C\C/C=C\C/C=C\C/C=C\CCCCCCCCCC(=O)OC(COC(=O)CCCCCCCCC)COC(=O)CCCCCCCCCCCCCCCCCCCCCCCCC/C=C\C/C=C\CCCCCCC. The van der Waals surface area contributed by atoms with Gasteiger partial charge in [-0.1, -0.05) is 337 Å². The van der Waals surface area contributed by atoms with Crippen molar-refractivity contribution in [3.63, 3.8) is 0 Å². The molecule has 0 N–H and O–H groups in total. The van der Waals surface area contributed by atoms with Crippen molar-refractivity contribution in [2.75, 3.05) is 13.2 Å². The van der Waals surface area contributed by atoms with E-state index in [1.54, 1.807) is 0 Å². The van der Waals surface area contributed by atoms with E-state index < -0.39 is 6.10 Å². The molecule has 0 amide bonds. The molecule has 1 atom stereocenters. The Kier molecular flexibility index (Phi) is 68.2. The van der Waals surface area contributed by atoms with Gasteiger partial charge in [-0.15, -0.1) is 0 Å². The Hall–Kier alpha value is -3.41. The number of allylic oxidation sites excluding steroid dienone is 14. The van der Waals surface area contributed by atoms with Crippen molar-refractivity contribution in [2.24, 2.45) is 0 Å². The third-order valence-corrected chi connectivity index (χ3v) is 15.9. The van der Waals surface area contributed by atoms with Gasteiger partial charge in [0.1, 0.15) is 13.2 Å². The Bertz CT molecular complexity index is 1570. The number of rotatable bonds is 66. The molecule has 0 fully saturated rings. The molecular formula is C77H136O6. The summed E-state index contributed by atoms with van der Waals surface area (Å²) in [5.74, 6) is -0.878. The van der Waals surface area contributed by atoms with Gasteiger partial charge in [-0.05, 0) is 96.3 Å². The van der Waals surface area contributed by atoms with Crippen LogP contribution in [-0.4, -0.2) is 37.2 Å². The van der Waals surface area contributed by atoms with Crippen LogP contribution in [0.2, 0.25) is 0 Å². The van der Waals surface area contributed by atoms with Crippen molar-refractivity contribution in [2.45, 2.75) is 374 Å². The molecule has 0 aliphatic carbocycles. The Morgan fingerprint density at radius 3 is 0.735 bits per heavy atom. The van der Waals surface area contributed by atoms with Gasteiger partial charge in [0.25, 0.3) is 0 Å². The van der Waals surface area contributed by atoms with Gasteiger partial charge in [-0.2, -0.15) is 0 Å². The molecule has 1 unspecified atom stereocenters. The molecule has 0 aromatic carbocycles. The monoisotopic (exact) mass is 1160 g/mol. The summed E-state index contributed by atoms with van der Waals surface area (Å²) in [4.78, 5) is 38.2. The van der Waals surface area contributed by atoms with Gasteiger partial charge in [0.15, 0.2) is 6.10 Å². The van der Waals surface area contributed by atoms with Gasteiger partial charge in [-0.3, -0.25) is 14.4 Å². The second-order valence-electron chi connectivity index (χ2n) is 24.1. The number of carbonyl (C=O) groups is 3. The van der Waals surface area contributed by atoms with E-state index in [1.807, 2.05) is 0 Å². The molecule has 0 spiro atoms. The van der Waals surface area contributed by atoms with E-state index in [0.717, 1.165) is 103 Å². The van der Waals surface area contributed by atoms with Crippen LogP contribution < -0.4 is 0 Å². The molecule has 0 radical (unpaired) electrons. The lowest BCUT2D eigenvalue weighted by molar-refractivity contribution is -0.167. The molecule has 0 saturated carbocycles. The lowest BCUT2D eigenvalue weighted by Crippen LogP contribution is -2.30. The average Bonchev–Trinajstić information content (AvgIpc) is 3.50. The quantitative estimate of drug-likeness (QED) is 0.0261. The molecule has 0 aliphatic heterocycles. The topological polar surface area (TPSA) is 78.9 Å². The second-order valence-corrected chi connectivity index (χ2v) is 24.1. The number of hydrogen-bond acceptors (Lipinski definition) is 6. The maximum Gasteiger partial charge on any atom is 0.306 e. The summed E-state index contributed by atoms with van der Waals surface area (Å²) in [5, 5.41) is 0. The number of hydrogen-bond donors (Lipinski definition) is 0. The highest BCUT2D eigenvalue weighted by Crippen LogP contribution is 2.18. The summed E-state index contributed by atoms with van der Waals surface area (Å²) >= 11 is 0. The third kappa shape index (κ3) is 69.3. The molecule has 6 heteroatoms. The predicted molar refractivity (Wildman–Crippen MR) is 362 cm³/mol. The van der Waals surface area contributed by atoms with Crippen LogP contribution in [0.4, 0.5) is 0 Å². The van der Waals surface area contributed by atoms with Crippen molar-refractivity contribution in [1.82, 2.24) is 0 Å². The summed E-state index contributed by atoms with van der Waals surface area (Å²) in [7, 11) is 0. The van der Waals surface area contributed by atoms with Crippen LogP contribution in [-0.2, 0) is 28.6 Å². The maximum atomic E-state index is 12.9. The van der Waals surface area contributed by atoms with Gasteiger partial charge in [0.05, 0.1) is 0 Å². The fourth-order valence-corrected chi connectivity index (χ4v) is 10.5. The van der Waals surface area contributed by atoms with Crippen molar-refractivity contribution < 1.29 is 28.6 Å². The lowest BCUT2D eigenvalue weighted by atomic mass is 10.0. The largest absolute Gasteiger partial charge is 0.462 e. The minimum atomic E-state index is -0.779. The number of unbranched alkanes of at least 4 members (excludes halogenated alkanes) is 41. The Labute approximate surface area is 515 Å². The molecular weight excluding hydrogens is 1020 g/mol. The van der Waals surface area contributed by atoms with E-state index in [9.17, 15) is 14.4 Å². The molecule has 0 saturated heterocycles. The van der Waals surface area contributed by atoms with Crippen molar-refractivity contribution in [1.29, 1.82) is 0 Å². The Morgan fingerprint density at radius 1 is 0.253 bits per heavy atom. The van der Waals surface area contributed by atoms with E-state index in [2.05, 4.69) is 106 Å². The first-order chi connectivity index (χ1) is 41.0. The zero-order valence-corrected chi connectivity index (χ0v) is 55.2. The van der Waals surface area contributed by atoms with Gasteiger partial charge >= 0.3 is 17.9 Å². The van der Waals surface area contributed by atoms with Crippen LogP contribution in [0.1, 0.15) is 367 Å². The number of esters is 3. The highest BCUT2D eigenvalue weighted by molar-refractivity contribution is 5.71. The Balaban J connectivity index is 4.00. The standard InChI is InChI=1S/C77H136O6/c1-4-7-10-13-16-18-20-22-24-26-28-30-32-33-34-35-36-37-38-39-40-41-42-43-45-46-48-50-52-54-56-58-61-64-67-70-76(79)82-73-74(72-81-75(78)69-66-63-60-15-12-9-6-3)83-77(80)71-68-65-62-59-57-55-53-51-49-47-44-31-29-27-25-23-21-19-17-14-11-8-5-2/h8,11,17,19-20,22-23,25-26,28-29,31,47,49,74H,4-7,9-10,12-16,18,21,24,27,30,32-46,48,50-73H2,1-3H3/b11-8-,19-17-,22-20-,25-23-,28-26-,31-29-,49-47-. The normalized spacial score (nSPS) is 12.6. The van der Waals surface area contributed by atoms with Crippen LogP contribution in [0.5, 0.6) is 0 Å². The highest BCUT2D eigenvalue weighted by atomic mass is 16.6. The first-order valence-corrected chi connectivity index (χ1v) is 36.1. The fraction of sp³-hybridized carbons (Fsp3) is 0.779. The highest BCUT2D eigenvalue weighted by Gasteiger charge is 2.19. The summed E-state index contributed by atoms with van der Waals surface area (Å²) in [6, 6.07) is 0. The van der Waals surface area contributed by atoms with Crippen LogP contribution in [0.15, 0.2) is 85.1 Å². The van der Waals surface area contributed by atoms with Gasteiger partial charge < -0.3 is 14.2 Å². The smallest absolute Gasteiger partial charge is 0.306 e. The van der Waals surface area contributed by atoms with E-state index in [4.69, 9.17) is 14.2 Å². The summed E-state index contributed by atoms with van der Waals surface area (Å²) in [5.41, 5.74) is 0. The van der Waals surface area contributed by atoms with Crippen molar-refractivity contribution >= 4 is 17.9 Å². The molecule has 0 heterocycles. The van der Waals surface area contributed by atoms with Crippen molar-refractivity contribution in [3.8, 4) is 0 Å². The fourth-order valence-electron chi connectivity index (χ4n) is 10.5. The molecule has 6 nitrogen and oxygen atoms in total. The molecule has 480 valence electrons. The zero-order chi connectivity index (χ0) is 59.9. The van der Waals surface area contributed by atoms with Gasteiger partial charge in [-0.25, -0.2) is 0 Å². The zero-order valence-electron chi connectivity index (χ0n) is 55.2. The Morgan fingerprint density at radius 2 is 0.470 bits per heavy atom. The van der Waals surface area contributed by atoms with Crippen LogP contribution in [0.25, 0.3) is 0 Å². The molecule has 0 aromatic heterocycles. The minimum absolute atomic E-state index is 0.0769. The van der Waals surface area contributed by atoms with E-state index >= 15 is 0 Å². The first-order valence-electron chi connectivity index (χ1n) is 36.1. The van der Waals surface area contributed by atoms with E-state index in [-0.39, 0.29) is 31.1 Å². The molecule has 83 heavy (non-hydrogen) atoms. The van der Waals surface area contributed by atoms with Gasteiger partial charge in [0, 0.05) is 19.3 Å². The molecule has 0 aromatic rings. The van der Waals surface area contributed by atoms with Crippen LogP contribution >= 0.6 is 0 Å². The predicted octanol–water partition coefficient (Wildman–Crippen LogP) is 25.0. The summed E-state index contributed by atoms with van der Waals surface area (Å²) in [6.07, 6.45) is 95.2. The third-order valence-electron chi connectivity index (χ3n) is 15.9. The van der Waals surface area contributed by atoms with E-state index in [1.165, 1.54) is 225 Å². The van der Waals surface area contributed by atoms with Gasteiger partial charge in [0.2, 0.25) is 0 Å².